The highest BCUT2D eigenvalue weighted by Crippen LogP contribution is 2.20. The van der Waals surface area contributed by atoms with Gasteiger partial charge in [0.2, 0.25) is 0 Å². The molecule has 0 fully saturated rings. The Balaban J connectivity index is 2.54. The molecule has 0 radical (unpaired) electrons. The third-order valence-electron chi connectivity index (χ3n) is 2.13. The molecule has 0 unspecified atom stereocenters. The van der Waals surface area contributed by atoms with Crippen molar-refractivity contribution in [1.29, 1.82) is 0 Å². The van der Waals surface area contributed by atoms with Crippen LogP contribution in [-0.4, -0.2) is 13.2 Å². The summed E-state index contributed by atoms with van der Waals surface area (Å²) in [5.74, 6) is 2.18. The Hall–Kier alpha value is -0.970. The van der Waals surface area contributed by atoms with Gasteiger partial charge in [0.15, 0.2) is 0 Å². The topological polar surface area (TPSA) is 58.0 Å². The van der Waals surface area contributed by atoms with Crippen LogP contribution in [0.4, 0.5) is 0 Å². The molecule has 1 aromatic rings. The summed E-state index contributed by atoms with van der Waals surface area (Å²) in [6.45, 7) is 1.00. The molecule has 17 heavy (non-hydrogen) atoms. The first kappa shape index (κ1) is 14.1. The van der Waals surface area contributed by atoms with Crippen LogP contribution in [0.3, 0.4) is 0 Å². The molecule has 0 saturated heterocycles. The summed E-state index contributed by atoms with van der Waals surface area (Å²) in [5, 5.41) is 3.45. The van der Waals surface area contributed by atoms with Gasteiger partial charge in [-0.25, -0.2) is 0 Å². The minimum atomic E-state index is 0.460. The molecule has 0 bridgehead atoms. The maximum absolute atomic E-state index is 8.12. The van der Waals surface area contributed by atoms with Crippen molar-refractivity contribution in [3.63, 3.8) is 0 Å². The second kappa shape index (κ2) is 8.17. The molecule has 6 heteroatoms. The monoisotopic (exact) mass is 269 g/mol. The van der Waals surface area contributed by atoms with E-state index in [1.54, 1.807) is 0 Å². The molecule has 0 atom stereocenters. The van der Waals surface area contributed by atoms with Gasteiger partial charge < -0.3 is 4.74 Å². The van der Waals surface area contributed by atoms with Crippen LogP contribution in [0.5, 0.6) is 5.75 Å². The van der Waals surface area contributed by atoms with Crippen molar-refractivity contribution in [1.82, 2.24) is 0 Å². The Labute approximate surface area is 112 Å². The lowest BCUT2D eigenvalue weighted by molar-refractivity contribution is 0.313. The molecule has 0 spiro atoms. The average molecular weight is 269 g/mol. The van der Waals surface area contributed by atoms with Crippen LogP contribution in [0, 0.1) is 0 Å². The first-order valence-electron chi connectivity index (χ1n) is 5.28. The van der Waals surface area contributed by atoms with E-state index in [9.17, 15) is 0 Å². The highest BCUT2D eigenvalue weighted by molar-refractivity contribution is 7.79. The fraction of sp³-hybridized carbons (Fsp3) is 0.455. The summed E-state index contributed by atoms with van der Waals surface area (Å²) in [5.41, 5.74) is 10.4. The van der Waals surface area contributed by atoms with E-state index < -0.39 is 0 Å². The van der Waals surface area contributed by atoms with Crippen molar-refractivity contribution in [2.24, 2.45) is 5.11 Å². The van der Waals surface area contributed by atoms with Crippen molar-refractivity contribution in [2.75, 3.05) is 13.2 Å². The molecule has 1 aromatic carbocycles. The molecule has 0 N–H and O–H groups in total. The largest absolute Gasteiger partial charge is 0.494 e. The molecule has 0 aromatic heterocycles. The van der Waals surface area contributed by atoms with Crippen LogP contribution >= 0.6 is 25.3 Å². The number of azide groups is 1. The normalized spacial score (nSPS) is 9.76. The van der Waals surface area contributed by atoms with Gasteiger partial charge in [-0.3, -0.25) is 0 Å². The summed E-state index contributed by atoms with van der Waals surface area (Å²) >= 11 is 8.49. The minimum absolute atomic E-state index is 0.460. The third kappa shape index (κ3) is 5.26. The van der Waals surface area contributed by atoms with Gasteiger partial charge in [0.25, 0.3) is 0 Å². The zero-order valence-electron chi connectivity index (χ0n) is 9.41. The number of rotatable bonds is 7. The summed E-state index contributed by atoms with van der Waals surface area (Å²) in [6, 6.07) is 5.99. The van der Waals surface area contributed by atoms with Gasteiger partial charge in [0.05, 0.1) is 6.61 Å². The fourth-order valence-corrected chi connectivity index (χ4v) is 1.73. The number of nitrogens with zero attached hydrogens (tertiary/aromatic N) is 3. The van der Waals surface area contributed by atoms with E-state index in [1.807, 2.05) is 12.1 Å². The molecule has 92 valence electrons. The predicted octanol–water partition coefficient (Wildman–Crippen LogP) is 3.63. The van der Waals surface area contributed by atoms with Crippen LogP contribution in [-0.2, 0) is 11.5 Å². The lowest BCUT2D eigenvalue weighted by Crippen LogP contribution is -2.00. The van der Waals surface area contributed by atoms with Crippen molar-refractivity contribution in [2.45, 2.75) is 17.9 Å². The van der Waals surface area contributed by atoms with Crippen LogP contribution in [0.1, 0.15) is 17.5 Å². The maximum atomic E-state index is 8.12. The summed E-state index contributed by atoms with van der Waals surface area (Å²) in [7, 11) is 0. The van der Waals surface area contributed by atoms with Gasteiger partial charge in [0, 0.05) is 23.0 Å². The molecular weight excluding hydrogens is 254 g/mol. The van der Waals surface area contributed by atoms with E-state index in [0.29, 0.717) is 31.1 Å². The number of hydrogen-bond acceptors (Lipinski definition) is 4. The molecule has 1 rings (SSSR count). The molecule has 0 aliphatic heterocycles. The third-order valence-corrected chi connectivity index (χ3v) is 2.86. The highest BCUT2D eigenvalue weighted by Gasteiger charge is 2.00. The standard InChI is InChI=1S/C11H15N3OS2/c12-14-13-2-1-3-15-11-5-9(7-16)4-10(6-11)8-17/h4-6,16-17H,1-3,7-8H2. The number of hydrogen-bond donors (Lipinski definition) is 2. The van der Waals surface area contributed by atoms with E-state index in [4.69, 9.17) is 10.3 Å². The van der Waals surface area contributed by atoms with E-state index in [0.717, 1.165) is 16.9 Å². The van der Waals surface area contributed by atoms with Crippen molar-refractivity contribution in [3.8, 4) is 5.75 Å². The summed E-state index contributed by atoms with van der Waals surface area (Å²) in [4.78, 5) is 2.68. The van der Waals surface area contributed by atoms with E-state index >= 15 is 0 Å². The quantitative estimate of drug-likeness (QED) is 0.256. The second-order valence-corrected chi connectivity index (χ2v) is 4.09. The van der Waals surface area contributed by atoms with Gasteiger partial charge in [-0.1, -0.05) is 11.2 Å². The molecule has 4 nitrogen and oxygen atoms in total. The van der Waals surface area contributed by atoms with Crippen molar-refractivity contribution in [3.05, 3.63) is 39.8 Å². The molecule has 0 aliphatic carbocycles. The van der Waals surface area contributed by atoms with E-state index in [-0.39, 0.29) is 0 Å². The lowest BCUT2D eigenvalue weighted by Gasteiger charge is -2.09. The molecule has 0 heterocycles. The van der Waals surface area contributed by atoms with Gasteiger partial charge in [0.1, 0.15) is 5.75 Å². The van der Waals surface area contributed by atoms with Gasteiger partial charge in [-0.05, 0) is 35.2 Å². The Morgan fingerprint density at radius 1 is 1.18 bits per heavy atom. The number of thiol groups is 2. The van der Waals surface area contributed by atoms with Crippen molar-refractivity contribution < 1.29 is 4.74 Å². The first-order valence-corrected chi connectivity index (χ1v) is 6.55. The van der Waals surface area contributed by atoms with Gasteiger partial charge in [-0.15, -0.1) is 0 Å². The second-order valence-electron chi connectivity index (χ2n) is 3.46. The zero-order valence-corrected chi connectivity index (χ0v) is 11.2. The van der Waals surface area contributed by atoms with E-state index in [2.05, 4.69) is 41.3 Å². The molecular formula is C11H15N3OS2. The smallest absolute Gasteiger partial charge is 0.119 e. The van der Waals surface area contributed by atoms with Crippen LogP contribution in [0.15, 0.2) is 23.3 Å². The van der Waals surface area contributed by atoms with Gasteiger partial charge >= 0.3 is 0 Å². The summed E-state index contributed by atoms with van der Waals surface area (Å²) in [6.07, 6.45) is 0.714. The Morgan fingerprint density at radius 3 is 2.35 bits per heavy atom. The van der Waals surface area contributed by atoms with Crippen LogP contribution < -0.4 is 4.74 Å². The molecule has 0 saturated carbocycles. The maximum Gasteiger partial charge on any atom is 0.119 e. The van der Waals surface area contributed by atoms with E-state index in [1.165, 1.54) is 0 Å². The SMILES string of the molecule is [N-]=[N+]=NCCCOc1cc(CS)cc(CS)c1. The Bertz CT molecular complexity index is 383. The van der Waals surface area contributed by atoms with Gasteiger partial charge in [-0.2, -0.15) is 25.3 Å². The summed E-state index contributed by atoms with van der Waals surface area (Å²) < 4.78 is 5.59. The minimum Gasteiger partial charge on any atom is -0.494 e. The Kier molecular flexibility index (Phi) is 6.77. The fourth-order valence-electron chi connectivity index (χ4n) is 1.36. The Morgan fingerprint density at radius 2 is 1.82 bits per heavy atom. The van der Waals surface area contributed by atoms with Crippen LogP contribution in [0.25, 0.3) is 10.4 Å². The molecule has 0 aliphatic rings. The molecule has 0 amide bonds. The lowest BCUT2D eigenvalue weighted by atomic mass is 10.1. The average Bonchev–Trinajstić information content (AvgIpc) is 2.38. The highest BCUT2D eigenvalue weighted by atomic mass is 32.1. The predicted molar refractivity (Wildman–Crippen MR) is 75.9 cm³/mol. The van der Waals surface area contributed by atoms with Crippen molar-refractivity contribution >= 4 is 25.3 Å². The number of ether oxygens (including phenoxy) is 1. The zero-order chi connectivity index (χ0) is 12.5. The number of benzene rings is 1. The van der Waals surface area contributed by atoms with Crippen LogP contribution in [0.2, 0.25) is 0 Å². The first-order chi connectivity index (χ1) is 8.30.